The average molecular weight is 302 g/mol. The molecular weight excluding hydrogens is 282 g/mol. The van der Waals surface area contributed by atoms with Crippen LogP contribution in [0.4, 0.5) is 5.69 Å². The van der Waals surface area contributed by atoms with Gasteiger partial charge in [-0.15, -0.1) is 0 Å². The van der Waals surface area contributed by atoms with Crippen molar-refractivity contribution in [2.24, 2.45) is 0 Å². The van der Waals surface area contributed by atoms with Crippen LogP contribution < -0.4 is 21.1 Å². The Bertz CT molecular complexity index is 455. The van der Waals surface area contributed by atoms with E-state index in [9.17, 15) is 4.79 Å². The molecule has 0 fully saturated rings. The number of nitrogens with two attached hydrogens (primary N) is 1. The van der Waals surface area contributed by atoms with Crippen LogP contribution in [0.15, 0.2) is 12.1 Å². The molecule has 1 aromatic carbocycles. The van der Waals surface area contributed by atoms with Crippen molar-refractivity contribution in [3.05, 3.63) is 22.7 Å². The first kappa shape index (κ1) is 16.6. The van der Waals surface area contributed by atoms with Gasteiger partial charge in [-0.3, -0.25) is 4.79 Å². The molecule has 0 unspecified atom stereocenters. The highest BCUT2D eigenvalue weighted by Gasteiger charge is 2.14. The third-order valence-electron chi connectivity index (χ3n) is 2.63. The van der Waals surface area contributed by atoms with Crippen molar-refractivity contribution in [1.29, 1.82) is 0 Å². The van der Waals surface area contributed by atoms with Crippen LogP contribution in [0.25, 0.3) is 0 Å². The Morgan fingerprint density at radius 3 is 2.70 bits per heavy atom. The van der Waals surface area contributed by atoms with Crippen LogP contribution in [-0.4, -0.2) is 46.4 Å². The topological polar surface area (TPSA) is 85.6 Å². The third kappa shape index (κ3) is 4.88. The van der Waals surface area contributed by atoms with Gasteiger partial charge in [-0.25, -0.2) is 0 Å². The highest BCUT2D eigenvalue weighted by molar-refractivity contribution is 6.33. The maximum atomic E-state index is 12.0. The lowest BCUT2D eigenvalue weighted by Crippen LogP contribution is -2.33. The zero-order valence-electron chi connectivity index (χ0n) is 11.7. The van der Waals surface area contributed by atoms with Gasteiger partial charge in [0.25, 0.3) is 5.91 Å². The van der Waals surface area contributed by atoms with Gasteiger partial charge in [-0.2, -0.15) is 0 Å². The van der Waals surface area contributed by atoms with Crippen LogP contribution in [0.3, 0.4) is 0 Å². The highest BCUT2D eigenvalue weighted by atomic mass is 35.5. The van der Waals surface area contributed by atoms with E-state index in [-0.39, 0.29) is 5.91 Å². The molecule has 0 aliphatic carbocycles. The normalized spacial score (nSPS) is 10.3. The van der Waals surface area contributed by atoms with Crippen molar-refractivity contribution in [3.8, 4) is 5.75 Å². The van der Waals surface area contributed by atoms with E-state index in [1.54, 1.807) is 7.11 Å². The first-order valence-electron chi connectivity index (χ1n) is 6.21. The molecule has 0 bridgehead atoms. The van der Waals surface area contributed by atoms with Crippen LogP contribution in [0.1, 0.15) is 10.4 Å². The molecule has 0 saturated heterocycles. The number of hydrogen-bond acceptors (Lipinski definition) is 5. The van der Waals surface area contributed by atoms with E-state index in [0.29, 0.717) is 41.7 Å². The number of rotatable bonds is 8. The molecule has 0 aliphatic rings. The lowest BCUT2D eigenvalue weighted by Gasteiger charge is -2.11. The minimum atomic E-state index is -0.253. The van der Waals surface area contributed by atoms with Crippen LogP contribution >= 0.6 is 11.6 Å². The number of ether oxygens (including phenoxy) is 2. The number of benzene rings is 1. The number of halogens is 1. The summed E-state index contributed by atoms with van der Waals surface area (Å²) in [5.41, 5.74) is 6.41. The zero-order chi connectivity index (χ0) is 15.0. The van der Waals surface area contributed by atoms with Gasteiger partial charge in [0.2, 0.25) is 0 Å². The Morgan fingerprint density at radius 1 is 1.30 bits per heavy atom. The number of anilines is 1. The lowest BCUT2D eigenvalue weighted by atomic mass is 10.1. The summed E-state index contributed by atoms with van der Waals surface area (Å²) in [6.07, 6.45) is 0. The minimum absolute atomic E-state index is 0.253. The van der Waals surface area contributed by atoms with Crippen LogP contribution in [-0.2, 0) is 4.74 Å². The highest BCUT2D eigenvalue weighted by Crippen LogP contribution is 2.28. The molecule has 1 aromatic rings. The molecule has 0 radical (unpaired) electrons. The SMILES string of the molecule is COCCNCCNC(=O)c1cc(Cl)c(N)cc1OC. The van der Waals surface area contributed by atoms with Crippen molar-refractivity contribution in [2.75, 3.05) is 46.2 Å². The molecule has 0 aliphatic heterocycles. The van der Waals surface area contributed by atoms with Gasteiger partial charge in [0, 0.05) is 32.8 Å². The summed E-state index contributed by atoms with van der Waals surface area (Å²) >= 11 is 5.92. The predicted octanol–water partition coefficient (Wildman–Crippen LogP) is 0.897. The zero-order valence-corrected chi connectivity index (χ0v) is 12.4. The van der Waals surface area contributed by atoms with Gasteiger partial charge in [0.05, 0.1) is 30.0 Å². The molecule has 0 saturated carbocycles. The number of carbonyl (C=O) groups excluding carboxylic acids is 1. The molecule has 6 nitrogen and oxygen atoms in total. The third-order valence-corrected chi connectivity index (χ3v) is 2.96. The Labute approximate surface area is 123 Å². The van der Waals surface area contributed by atoms with Crippen LogP contribution in [0.2, 0.25) is 5.02 Å². The van der Waals surface area contributed by atoms with E-state index in [4.69, 9.17) is 26.8 Å². The molecule has 112 valence electrons. The summed E-state index contributed by atoms with van der Waals surface area (Å²) in [4.78, 5) is 12.0. The first-order valence-corrected chi connectivity index (χ1v) is 6.58. The molecule has 4 N–H and O–H groups in total. The minimum Gasteiger partial charge on any atom is -0.496 e. The summed E-state index contributed by atoms with van der Waals surface area (Å²) < 4.78 is 10.0. The van der Waals surface area contributed by atoms with E-state index in [1.165, 1.54) is 19.2 Å². The number of methoxy groups -OCH3 is 2. The lowest BCUT2D eigenvalue weighted by molar-refractivity contribution is 0.0950. The number of hydrogen-bond donors (Lipinski definition) is 3. The van der Waals surface area contributed by atoms with Gasteiger partial charge < -0.3 is 25.8 Å². The molecule has 0 atom stereocenters. The van der Waals surface area contributed by atoms with Crippen LogP contribution in [0.5, 0.6) is 5.75 Å². The molecule has 0 heterocycles. The van der Waals surface area contributed by atoms with Gasteiger partial charge >= 0.3 is 0 Å². The standard InChI is InChI=1S/C13H20ClN3O3/c1-19-6-5-16-3-4-17-13(18)9-7-10(14)11(15)8-12(9)20-2/h7-8,16H,3-6,15H2,1-2H3,(H,17,18). The Morgan fingerprint density at radius 2 is 2.05 bits per heavy atom. The van der Waals surface area contributed by atoms with Gasteiger partial charge in [-0.1, -0.05) is 11.6 Å². The largest absolute Gasteiger partial charge is 0.496 e. The Hall–Kier alpha value is -1.50. The van der Waals surface area contributed by atoms with Crippen molar-refractivity contribution in [2.45, 2.75) is 0 Å². The smallest absolute Gasteiger partial charge is 0.255 e. The number of amides is 1. The molecule has 20 heavy (non-hydrogen) atoms. The monoisotopic (exact) mass is 301 g/mol. The summed E-state index contributed by atoms with van der Waals surface area (Å²) in [6, 6.07) is 3.04. The van der Waals surface area contributed by atoms with E-state index in [2.05, 4.69) is 10.6 Å². The van der Waals surface area contributed by atoms with E-state index in [0.717, 1.165) is 6.54 Å². The quantitative estimate of drug-likeness (QED) is 0.490. The summed E-state index contributed by atoms with van der Waals surface area (Å²) in [5, 5.41) is 6.23. The number of nitrogens with one attached hydrogen (secondary N) is 2. The molecular formula is C13H20ClN3O3. The summed E-state index contributed by atoms with van der Waals surface area (Å²) in [7, 11) is 3.12. The fourth-order valence-corrected chi connectivity index (χ4v) is 1.74. The number of carbonyl (C=O) groups is 1. The average Bonchev–Trinajstić information content (AvgIpc) is 2.44. The first-order chi connectivity index (χ1) is 9.60. The van der Waals surface area contributed by atoms with E-state index >= 15 is 0 Å². The van der Waals surface area contributed by atoms with Gasteiger partial charge in [0.15, 0.2) is 0 Å². The maximum Gasteiger partial charge on any atom is 0.255 e. The second kappa shape index (κ2) is 8.63. The fourth-order valence-electron chi connectivity index (χ4n) is 1.57. The van der Waals surface area contributed by atoms with Gasteiger partial charge in [-0.05, 0) is 6.07 Å². The molecule has 7 heteroatoms. The summed E-state index contributed by atoms with van der Waals surface area (Å²) in [5.74, 6) is 0.147. The van der Waals surface area contributed by atoms with Gasteiger partial charge in [0.1, 0.15) is 5.75 Å². The Kier molecular flexibility index (Phi) is 7.14. The molecule has 0 aromatic heterocycles. The molecule has 1 rings (SSSR count). The van der Waals surface area contributed by atoms with Crippen molar-refractivity contribution < 1.29 is 14.3 Å². The summed E-state index contributed by atoms with van der Waals surface area (Å²) in [6.45, 7) is 2.52. The maximum absolute atomic E-state index is 12.0. The number of nitrogen functional groups attached to an aromatic ring is 1. The van der Waals surface area contributed by atoms with E-state index < -0.39 is 0 Å². The van der Waals surface area contributed by atoms with Crippen LogP contribution in [0, 0.1) is 0 Å². The second-order valence-electron chi connectivity index (χ2n) is 4.07. The van der Waals surface area contributed by atoms with Crippen molar-refractivity contribution in [1.82, 2.24) is 10.6 Å². The molecule has 0 spiro atoms. The van der Waals surface area contributed by atoms with Crippen molar-refractivity contribution >= 4 is 23.2 Å². The Balaban J connectivity index is 2.53. The van der Waals surface area contributed by atoms with Crippen molar-refractivity contribution in [3.63, 3.8) is 0 Å². The second-order valence-corrected chi connectivity index (χ2v) is 4.48. The molecule has 1 amide bonds. The van der Waals surface area contributed by atoms with E-state index in [1.807, 2.05) is 0 Å². The fraction of sp³-hybridized carbons (Fsp3) is 0.462. The predicted molar refractivity (Wildman–Crippen MR) is 79.5 cm³/mol.